The fourth-order valence-electron chi connectivity index (χ4n) is 2.30. The van der Waals surface area contributed by atoms with Crippen molar-refractivity contribution in [1.29, 1.82) is 0 Å². The summed E-state index contributed by atoms with van der Waals surface area (Å²) in [6.45, 7) is 5.74. The van der Waals surface area contributed by atoms with Gasteiger partial charge >= 0.3 is 0 Å². The number of hydrogen-bond acceptors (Lipinski definition) is 4. The predicted octanol–water partition coefficient (Wildman–Crippen LogP) is 3.91. The molecule has 0 radical (unpaired) electrons. The molecular formula is C18H17N3O2. The highest BCUT2D eigenvalue weighted by Crippen LogP contribution is 2.21. The largest absolute Gasteiger partial charge is 0.339 e. The Morgan fingerprint density at radius 1 is 1.09 bits per heavy atom. The van der Waals surface area contributed by atoms with Gasteiger partial charge in [0.25, 0.3) is 5.91 Å². The minimum Gasteiger partial charge on any atom is -0.339 e. The molecule has 0 fully saturated rings. The van der Waals surface area contributed by atoms with Gasteiger partial charge in [-0.05, 0) is 43.2 Å². The molecule has 116 valence electrons. The fourth-order valence-corrected chi connectivity index (χ4v) is 2.30. The summed E-state index contributed by atoms with van der Waals surface area (Å²) in [4.78, 5) is 16.7. The SMILES string of the molecule is Cc1nc(-c2cccc(C(=O)Nc3cccc(C)c3C)c2)no1. The van der Waals surface area contributed by atoms with Crippen LogP contribution in [0.15, 0.2) is 47.0 Å². The van der Waals surface area contributed by atoms with Crippen molar-refractivity contribution >= 4 is 11.6 Å². The van der Waals surface area contributed by atoms with E-state index in [1.165, 1.54) is 0 Å². The molecule has 1 amide bonds. The second-order valence-electron chi connectivity index (χ2n) is 5.42. The molecule has 0 saturated carbocycles. The molecule has 3 aromatic rings. The van der Waals surface area contributed by atoms with E-state index < -0.39 is 0 Å². The molecule has 1 aromatic heterocycles. The van der Waals surface area contributed by atoms with E-state index in [9.17, 15) is 4.79 Å². The number of nitrogens with one attached hydrogen (secondary N) is 1. The summed E-state index contributed by atoms with van der Waals surface area (Å²) >= 11 is 0. The summed E-state index contributed by atoms with van der Waals surface area (Å²) in [7, 11) is 0. The van der Waals surface area contributed by atoms with Gasteiger partial charge in [0, 0.05) is 23.7 Å². The number of anilines is 1. The third-order valence-electron chi connectivity index (χ3n) is 3.76. The molecule has 1 heterocycles. The summed E-state index contributed by atoms with van der Waals surface area (Å²) < 4.78 is 4.98. The monoisotopic (exact) mass is 307 g/mol. The first-order chi connectivity index (χ1) is 11.0. The molecule has 0 bridgehead atoms. The van der Waals surface area contributed by atoms with Crippen molar-refractivity contribution in [3.05, 3.63) is 65.0 Å². The Hall–Kier alpha value is -2.95. The number of aryl methyl sites for hydroxylation is 2. The smallest absolute Gasteiger partial charge is 0.255 e. The van der Waals surface area contributed by atoms with E-state index in [1.807, 2.05) is 38.1 Å². The second-order valence-corrected chi connectivity index (χ2v) is 5.42. The molecule has 1 N–H and O–H groups in total. The molecule has 0 saturated heterocycles. The molecular weight excluding hydrogens is 290 g/mol. The standard InChI is InChI=1S/C18H17N3O2/c1-11-6-4-9-16(12(11)2)20-18(22)15-8-5-7-14(10-15)17-19-13(3)23-21-17/h4-10H,1-3H3,(H,20,22). The molecule has 5 heteroatoms. The van der Waals surface area contributed by atoms with Gasteiger partial charge in [0.05, 0.1) is 0 Å². The average molecular weight is 307 g/mol. The van der Waals surface area contributed by atoms with Crippen molar-refractivity contribution in [2.24, 2.45) is 0 Å². The molecule has 0 aliphatic carbocycles. The van der Waals surface area contributed by atoms with Crippen molar-refractivity contribution in [2.45, 2.75) is 20.8 Å². The maximum absolute atomic E-state index is 12.5. The number of amides is 1. The van der Waals surface area contributed by atoms with Crippen LogP contribution in [0.2, 0.25) is 0 Å². The first-order valence-corrected chi connectivity index (χ1v) is 7.33. The van der Waals surface area contributed by atoms with Crippen LogP contribution < -0.4 is 5.32 Å². The van der Waals surface area contributed by atoms with Gasteiger partial charge in [-0.15, -0.1) is 0 Å². The van der Waals surface area contributed by atoms with E-state index in [0.29, 0.717) is 17.3 Å². The Balaban J connectivity index is 1.87. The zero-order valence-electron chi connectivity index (χ0n) is 13.3. The predicted molar refractivity (Wildman–Crippen MR) is 88.3 cm³/mol. The maximum atomic E-state index is 12.5. The molecule has 5 nitrogen and oxygen atoms in total. The highest BCUT2D eigenvalue weighted by Gasteiger charge is 2.12. The normalized spacial score (nSPS) is 10.6. The van der Waals surface area contributed by atoms with Gasteiger partial charge < -0.3 is 9.84 Å². The highest BCUT2D eigenvalue weighted by atomic mass is 16.5. The topological polar surface area (TPSA) is 68.0 Å². The molecule has 3 rings (SSSR count). The minimum absolute atomic E-state index is 0.166. The number of rotatable bonds is 3. The van der Waals surface area contributed by atoms with Crippen LogP contribution in [0.5, 0.6) is 0 Å². The number of carbonyl (C=O) groups excluding carboxylic acids is 1. The summed E-state index contributed by atoms with van der Waals surface area (Å²) in [6.07, 6.45) is 0. The zero-order valence-corrected chi connectivity index (χ0v) is 13.3. The number of benzene rings is 2. The zero-order chi connectivity index (χ0) is 16.4. The summed E-state index contributed by atoms with van der Waals surface area (Å²) in [6, 6.07) is 13.0. The van der Waals surface area contributed by atoms with Crippen LogP contribution in [-0.4, -0.2) is 16.0 Å². The Bertz CT molecular complexity index is 868. The molecule has 2 aromatic carbocycles. The fraction of sp³-hybridized carbons (Fsp3) is 0.167. The van der Waals surface area contributed by atoms with Crippen LogP contribution in [0.3, 0.4) is 0 Å². The molecule has 0 spiro atoms. The van der Waals surface area contributed by atoms with Crippen LogP contribution in [0.4, 0.5) is 5.69 Å². The van der Waals surface area contributed by atoms with E-state index in [4.69, 9.17) is 4.52 Å². The first kappa shape index (κ1) is 15.0. The molecule has 0 unspecified atom stereocenters. The van der Waals surface area contributed by atoms with Gasteiger partial charge in [0.2, 0.25) is 11.7 Å². The van der Waals surface area contributed by atoms with E-state index in [-0.39, 0.29) is 5.91 Å². The average Bonchev–Trinajstić information content (AvgIpc) is 2.98. The number of nitrogens with zero attached hydrogens (tertiary/aromatic N) is 2. The summed E-state index contributed by atoms with van der Waals surface area (Å²) in [5.74, 6) is 0.801. The van der Waals surface area contributed by atoms with Gasteiger partial charge in [0.15, 0.2) is 0 Å². The van der Waals surface area contributed by atoms with E-state index in [2.05, 4.69) is 15.5 Å². The van der Waals surface area contributed by atoms with Gasteiger partial charge in [0.1, 0.15) is 0 Å². The quantitative estimate of drug-likeness (QED) is 0.796. The lowest BCUT2D eigenvalue weighted by Gasteiger charge is -2.10. The van der Waals surface area contributed by atoms with Gasteiger partial charge in [-0.25, -0.2) is 0 Å². The van der Waals surface area contributed by atoms with Gasteiger partial charge in [-0.1, -0.05) is 29.4 Å². The van der Waals surface area contributed by atoms with Crippen molar-refractivity contribution in [2.75, 3.05) is 5.32 Å². The van der Waals surface area contributed by atoms with Crippen molar-refractivity contribution in [3.63, 3.8) is 0 Å². The van der Waals surface area contributed by atoms with Crippen molar-refractivity contribution in [3.8, 4) is 11.4 Å². The Labute approximate surface area is 134 Å². The van der Waals surface area contributed by atoms with Crippen LogP contribution >= 0.6 is 0 Å². The van der Waals surface area contributed by atoms with Crippen LogP contribution in [0.1, 0.15) is 27.4 Å². The van der Waals surface area contributed by atoms with Gasteiger partial charge in [-0.3, -0.25) is 4.79 Å². The third kappa shape index (κ3) is 3.13. The number of aromatic nitrogens is 2. The minimum atomic E-state index is -0.166. The lowest BCUT2D eigenvalue weighted by atomic mass is 10.1. The molecule has 0 atom stereocenters. The van der Waals surface area contributed by atoms with Gasteiger partial charge in [-0.2, -0.15) is 4.98 Å². The lowest BCUT2D eigenvalue weighted by Crippen LogP contribution is -2.13. The van der Waals surface area contributed by atoms with Crippen molar-refractivity contribution in [1.82, 2.24) is 10.1 Å². The lowest BCUT2D eigenvalue weighted by molar-refractivity contribution is 0.102. The van der Waals surface area contributed by atoms with Crippen LogP contribution in [-0.2, 0) is 0 Å². The first-order valence-electron chi connectivity index (χ1n) is 7.33. The van der Waals surface area contributed by atoms with Crippen LogP contribution in [0, 0.1) is 20.8 Å². The summed E-state index contributed by atoms with van der Waals surface area (Å²) in [5, 5.41) is 6.83. The Morgan fingerprint density at radius 3 is 2.61 bits per heavy atom. The van der Waals surface area contributed by atoms with E-state index in [0.717, 1.165) is 22.4 Å². The van der Waals surface area contributed by atoms with Crippen LogP contribution in [0.25, 0.3) is 11.4 Å². The second kappa shape index (κ2) is 6.04. The molecule has 23 heavy (non-hydrogen) atoms. The number of carbonyl (C=O) groups is 1. The molecule has 0 aliphatic heterocycles. The van der Waals surface area contributed by atoms with E-state index >= 15 is 0 Å². The Kier molecular flexibility index (Phi) is 3.93. The third-order valence-corrected chi connectivity index (χ3v) is 3.76. The Morgan fingerprint density at radius 2 is 1.87 bits per heavy atom. The number of hydrogen-bond donors (Lipinski definition) is 1. The highest BCUT2D eigenvalue weighted by molar-refractivity contribution is 6.05. The van der Waals surface area contributed by atoms with Crippen molar-refractivity contribution < 1.29 is 9.32 Å². The van der Waals surface area contributed by atoms with E-state index in [1.54, 1.807) is 25.1 Å². The summed E-state index contributed by atoms with van der Waals surface area (Å²) in [5.41, 5.74) is 4.31. The molecule has 0 aliphatic rings. The maximum Gasteiger partial charge on any atom is 0.255 e.